The number of para-hydroxylation sites is 1. The van der Waals surface area contributed by atoms with Gasteiger partial charge in [0, 0.05) is 12.7 Å². The molecule has 2 aromatic carbocycles. The second-order valence-corrected chi connectivity index (χ2v) is 7.44. The third-order valence-corrected chi connectivity index (χ3v) is 5.60. The molecule has 0 bridgehead atoms. The molecule has 2 rings (SSSR count). The van der Waals surface area contributed by atoms with Crippen molar-refractivity contribution >= 4 is 21.6 Å². The second-order valence-electron chi connectivity index (χ2n) is 5.43. The van der Waals surface area contributed by atoms with Crippen molar-refractivity contribution in [2.75, 3.05) is 18.9 Å². The minimum atomic E-state index is -3.93. The van der Waals surface area contributed by atoms with Gasteiger partial charge in [-0.15, -0.1) is 0 Å². The predicted molar refractivity (Wildman–Crippen MR) is 95.4 cm³/mol. The Balaban J connectivity index is 2.17. The van der Waals surface area contributed by atoms with Crippen molar-refractivity contribution in [2.45, 2.75) is 18.2 Å². The van der Waals surface area contributed by atoms with E-state index < -0.39 is 15.9 Å². The topological polar surface area (TPSA) is 90.3 Å². The van der Waals surface area contributed by atoms with E-state index in [2.05, 4.69) is 5.32 Å². The van der Waals surface area contributed by atoms with Crippen LogP contribution in [-0.2, 0) is 21.2 Å². The van der Waals surface area contributed by atoms with Crippen LogP contribution in [0, 0.1) is 11.3 Å². The van der Waals surface area contributed by atoms with Gasteiger partial charge in [0.25, 0.3) is 0 Å². The molecule has 0 aromatic heterocycles. The van der Waals surface area contributed by atoms with Crippen molar-refractivity contribution in [1.82, 2.24) is 4.31 Å². The molecular formula is C18H19N3O3S. The first-order valence-corrected chi connectivity index (χ1v) is 9.17. The number of carbonyl (C=O) groups is 1. The highest BCUT2D eigenvalue weighted by Crippen LogP contribution is 2.19. The number of nitriles is 1. The highest BCUT2D eigenvalue weighted by atomic mass is 32.2. The van der Waals surface area contributed by atoms with E-state index in [1.54, 1.807) is 24.3 Å². The Morgan fingerprint density at radius 2 is 1.80 bits per heavy atom. The summed E-state index contributed by atoms with van der Waals surface area (Å²) < 4.78 is 26.2. The Bertz CT molecular complexity index is 917. The standard InChI is InChI=1S/C18H19N3O3S/c1-3-14-8-4-6-10-16(14)20-18(22)13-21(2)25(23,24)17-11-7-5-9-15(17)12-19/h4-11H,3,13H2,1-2H3,(H,20,22). The molecule has 0 radical (unpaired) electrons. The lowest BCUT2D eigenvalue weighted by Crippen LogP contribution is -2.35. The normalized spacial score (nSPS) is 11.1. The molecule has 0 aliphatic carbocycles. The summed E-state index contributed by atoms with van der Waals surface area (Å²) in [6.45, 7) is 1.63. The van der Waals surface area contributed by atoms with Gasteiger partial charge in [-0.3, -0.25) is 4.79 Å². The van der Waals surface area contributed by atoms with E-state index in [0.29, 0.717) is 5.69 Å². The van der Waals surface area contributed by atoms with Crippen molar-refractivity contribution in [2.24, 2.45) is 0 Å². The van der Waals surface area contributed by atoms with E-state index in [9.17, 15) is 13.2 Å². The Morgan fingerprint density at radius 1 is 1.16 bits per heavy atom. The van der Waals surface area contributed by atoms with E-state index in [0.717, 1.165) is 16.3 Å². The lowest BCUT2D eigenvalue weighted by Gasteiger charge is -2.18. The van der Waals surface area contributed by atoms with E-state index in [-0.39, 0.29) is 17.0 Å². The zero-order valence-corrected chi connectivity index (χ0v) is 14.9. The molecule has 1 N–H and O–H groups in total. The van der Waals surface area contributed by atoms with Gasteiger partial charge in [-0.2, -0.15) is 9.57 Å². The van der Waals surface area contributed by atoms with Crippen LogP contribution in [0.25, 0.3) is 0 Å². The number of rotatable bonds is 6. The summed E-state index contributed by atoms with van der Waals surface area (Å²) in [5.74, 6) is -0.443. The van der Waals surface area contributed by atoms with Gasteiger partial charge >= 0.3 is 0 Å². The number of carbonyl (C=O) groups excluding carboxylic acids is 1. The Kier molecular flexibility index (Phi) is 5.91. The first-order chi connectivity index (χ1) is 11.9. The maximum atomic E-state index is 12.6. The van der Waals surface area contributed by atoms with Gasteiger partial charge in [-0.25, -0.2) is 8.42 Å². The zero-order chi connectivity index (χ0) is 18.4. The maximum absolute atomic E-state index is 12.6. The largest absolute Gasteiger partial charge is 0.325 e. The Labute approximate surface area is 147 Å². The Hall–Kier alpha value is -2.69. The molecule has 2 aromatic rings. The van der Waals surface area contributed by atoms with Crippen LogP contribution < -0.4 is 5.32 Å². The third kappa shape index (κ3) is 4.24. The summed E-state index contributed by atoms with van der Waals surface area (Å²) in [4.78, 5) is 12.1. The third-order valence-electron chi connectivity index (χ3n) is 3.73. The van der Waals surface area contributed by atoms with Crippen LogP contribution in [0.5, 0.6) is 0 Å². The molecule has 1 amide bonds. The quantitative estimate of drug-likeness (QED) is 0.859. The second kappa shape index (κ2) is 7.92. The predicted octanol–water partition coefficient (Wildman–Crippen LogP) is 2.38. The molecule has 0 spiro atoms. The molecular weight excluding hydrogens is 338 g/mol. The summed E-state index contributed by atoms with van der Waals surface area (Å²) in [6.07, 6.45) is 0.750. The summed E-state index contributed by atoms with van der Waals surface area (Å²) in [6, 6.07) is 15.1. The lowest BCUT2D eigenvalue weighted by atomic mass is 10.1. The number of hydrogen-bond donors (Lipinski definition) is 1. The smallest absolute Gasteiger partial charge is 0.244 e. The van der Waals surface area contributed by atoms with Crippen molar-refractivity contribution in [3.05, 3.63) is 59.7 Å². The van der Waals surface area contributed by atoms with Crippen molar-refractivity contribution in [3.8, 4) is 6.07 Å². The van der Waals surface area contributed by atoms with Crippen LogP contribution >= 0.6 is 0 Å². The number of likely N-dealkylation sites (N-methyl/N-ethyl adjacent to an activating group) is 1. The van der Waals surface area contributed by atoms with E-state index >= 15 is 0 Å². The van der Waals surface area contributed by atoms with E-state index in [4.69, 9.17) is 5.26 Å². The molecule has 0 atom stereocenters. The average molecular weight is 357 g/mol. The number of amides is 1. The van der Waals surface area contributed by atoms with Gasteiger partial charge < -0.3 is 5.32 Å². The van der Waals surface area contributed by atoms with Gasteiger partial charge in [0.05, 0.1) is 17.0 Å². The fourth-order valence-corrected chi connectivity index (χ4v) is 3.64. The number of benzene rings is 2. The molecule has 0 aliphatic heterocycles. The van der Waals surface area contributed by atoms with E-state index in [1.165, 1.54) is 19.2 Å². The van der Waals surface area contributed by atoms with Gasteiger partial charge in [-0.05, 0) is 30.2 Å². The fourth-order valence-electron chi connectivity index (χ4n) is 2.38. The van der Waals surface area contributed by atoms with Crippen LogP contribution in [0.1, 0.15) is 18.1 Å². The van der Waals surface area contributed by atoms with Crippen molar-refractivity contribution in [1.29, 1.82) is 5.26 Å². The molecule has 0 fully saturated rings. The van der Waals surface area contributed by atoms with Crippen LogP contribution in [0.2, 0.25) is 0 Å². The SMILES string of the molecule is CCc1ccccc1NC(=O)CN(C)S(=O)(=O)c1ccccc1C#N. The van der Waals surface area contributed by atoms with E-state index in [1.807, 2.05) is 25.1 Å². The highest BCUT2D eigenvalue weighted by Gasteiger charge is 2.25. The van der Waals surface area contributed by atoms with Crippen molar-refractivity contribution < 1.29 is 13.2 Å². The molecule has 25 heavy (non-hydrogen) atoms. The van der Waals surface area contributed by atoms with Gasteiger partial charge in [0.15, 0.2) is 0 Å². The first-order valence-electron chi connectivity index (χ1n) is 7.73. The first kappa shape index (κ1) is 18.6. The zero-order valence-electron chi connectivity index (χ0n) is 14.1. The summed E-state index contributed by atoms with van der Waals surface area (Å²) >= 11 is 0. The van der Waals surface area contributed by atoms with Crippen LogP contribution in [0.15, 0.2) is 53.4 Å². The van der Waals surface area contributed by atoms with Gasteiger partial charge in [0.1, 0.15) is 6.07 Å². The monoisotopic (exact) mass is 357 g/mol. The van der Waals surface area contributed by atoms with Crippen LogP contribution in [0.3, 0.4) is 0 Å². The molecule has 0 heterocycles. The number of aryl methyl sites for hydroxylation is 1. The average Bonchev–Trinajstić information content (AvgIpc) is 2.61. The summed E-state index contributed by atoms with van der Waals surface area (Å²) in [5, 5.41) is 11.8. The van der Waals surface area contributed by atoms with Gasteiger partial charge in [-0.1, -0.05) is 37.3 Å². The van der Waals surface area contributed by atoms with Gasteiger partial charge in [0.2, 0.25) is 15.9 Å². The van der Waals surface area contributed by atoms with Crippen LogP contribution in [-0.4, -0.2) is 32.2 Å². The molecule has 130 valence electrons. The number of hydrogen-bond acceptors (Lipinski definition) is 4. The molecule has 0 unspecified atom stereocenters. The molecule has 7 heteroatoms. The van der Waals surface area contributed by atoms with Crippen molar-refractivity contribution in [3.63, 3.8) is 0 Å². The summed E-state index contributed by atoms with van der Waals surface area (Å²) in [5.41, 5.74) is 1.68. The minimum Gasteiger partial charge on any atom is -0.325 e. The van der Waals surface area contributed by atoms with Crippen LogP contribution in [0.4, 0.5) is 5.69 Å². The summed E-state index contributed by atoms with van der Waals surface area (Å²) in [7, 11) is -2.62. The molecule has 0 aliphatic rings. The fraction of sp³-hybridized carbons (Fsp3) is 0.222. The lowest BCUT2D eigenvalue weighted by molar-refractivity contribution is -0.116. The maximum Gasteiger partial charge on any atom is 0.244 e. The number of nitrogens with zero attached hydrogens (tertiary/aromatic N) is 2. The number of anilines is 1. The molecule has 0 saturated heterocycles. The molecule has 0 saturated carbocycles. The minimum absolute atomic E-state index is 0.0473. The Morgan fingerprint density at radius 3 is 2.48 bits per heavy atom. The highest BCUT2D eigenvalue weighted by molar-refractivity contribution is 7.89. The number of sulfonamides is 1. The molecule has 6 nitrogen and oxygen atoms in total. The number of nitrogens with one attached hydrogen (secondary N) is 1.